The summed E-state index contributed by atoms with van der Waals surface area (Å²) in [7, 11) is 1.77. The molecule has 1 saturated heterocycles. The van der Waals surface area contributed by atoms with Crippen LogP contribution in [-0.4, -0.2) is 42.8 Å². The maximum absolute atomic E-state index is 5.99. The summed E-state index contributed by atoms with van der Waals surface area (Å²) in [6.45, 7) is 10.8. The van der Waals surface area contributed by atoms with Crippen molar-refractivity contribution in [3.8, 4) is 0 Å². The van der Waals surface area contributed by atoms with E-state index in [0.717, 1.165) is 12.5 Å². The highest BCUT2D eigenvalue weighted by atomic mass is 16.5. The lowest BCUT2D eigenvalue weighted by Gasteiger charge is -2.50. The Balaban J connectivity index is 2.79. The van der Waals surface area contributed by atoms with Gasteiger partial charge in [0.1, 0.15) is 0 Å². The van der Waals surface area contributed by atoms with Gasteiger partial charge in [0.05, 0.1) is 11.6 Å². The number of hydrogen-bond acceptors (Lipinski definition) is 3. The van der Waals surface area contributed by atoms with E-state index in [4.69, 9.17) is 10.5 Å². The van der Waals surface area contributed by atoms with Crippen LogP contribution in [0.3, 0.4) is 0 Å². The van der Waals surface area contributed by atoms with Crippen LogP contribution in [0.2, 0.25) is 0 Å². The minimum absolute atomic E-state index is 0.0334. The van der Waals surface area contributed by atoms with Crippen molar-refractivity contribution in [2.75, 3.05) is 20.2 Å². The Morgan fingerprint density at radius 1 is 1.50 bits per heavy atom. The van der Waals surface area contributed by atoms with Gasteiger partial charge in [-0.15, -0.1) is 0 Å². The van der Waals surface area contributed by atoms with Crippen molar-refractivity contribution < 1.29 is 4.74 Å². The molecule has 0 saturated carbocycles. The van der Waals surface area contributed by atoms with E-state index < -0.39 is 0 Å². The molecule has 2 N–H and O–H groups in total. The molecule has 96 valence electrons. The Bertz CT molecular complexity index is 222. The third kappa shape index (κ3) is 2.58. The van der Waals surface area contributed by atoms with E-state index in [1.165, 1.54) is 12.8 Å². The summed E-state index contributed by atoms with van der Waals surface area (Å²) in [5.41, 5.74) is 5.96. The molecule has 1 fully saturated rings. The zero-order valence-corrected chi connectivity index (χ0v) is 11.5. The summed E-state index contributed by atoms with van der Waals surface area (Å²) in [5, 5.41) is 0. The van der Waals surface area contributed by atoms with E-state index in [0.29, 0.717) is 12.6 Å². The normalized spacial score (nSPS) is 33.4. The van der Waals surface area contributed by atoms with Crippen LogP contribution in [0.4, 0.5) is 0 Å². The van der Waals surface area contributed by atoms with Crippen LogP contribution in [0.1, 0.15) is 40.5 Å². The fourth-order valence-corrected chi connectivity index (χ4v) is 2.94. The smallest absolute Gasteiger partial charge is 0.0736 e. The fourth-order valence-electron chi connectivity index (χ4n) is 2.94. The third-order valence-corrected chi connectivity index (χ3v) is 4.44. The number of likely N-dealkylation sites (tertiary alicyclic amines) is 1. The summed E-state index contributed by atoms with van der Waals surface area (Å²) in [4.78, 5) is 2.54. The van der Waals surface area contributed by atoms with E-state index in [-0.39, 0.29) is 11.6 Å². The van der Waals surface area contributed by atoms with Crippen LogP contribution in [0.25, 0.3) is 0 Å². The molecule has 0 bridgehead atoms. The van der Waals surface area contributed by atoms with Crippen molar-refractivity contribution in [1.29, 1.82) is 0 Å². The zero-order chi connectivity index (χ0) is 12.3. The monoisotopic (exact) mass is 228 g/mol. The molecule has 1 heterocycles. The average molecular weight is 228 g/mol. The molecule has 0 aromatic carbocycles. The van der Waals surface area contributed by atoms with Crippen molar-refractivity contribution in [1.82, 2.24) is 4.90 Å². The summed E-state index contributed by atoms with van der Waals surface area (Å²) in [6.07, 6.45) is 2.72. The van der Waals surface area contributed by atoms with E-state index in [1.54, 1.807) is 7.11 Å². The Morgan fingerprint density at radius 3 is 2.56 bits per heavy atom. The highest BCUT2D eigenvalue weighted by Crippen LogP contribution is 2.31. The average Bonchev–Trinajstić information content (AvgIpc) is 2.27. The number of hydrogen-bond donors (Lipinski definition) is 1. The molecular weight excluding hydrogens is 200 g/mol. The summed E-state index contributed by atoms with van der Waals surface area (Å²) in [6, 6.07) is 0.606. The lowest BCUT2D eigenvalue weighted by Crippen LogP contribution is -2.63. The summed E-state index contributed by atoms with van der Waals surface area (Å²) >= 11 is 0. The molecule has 4 atom stereocenters. The lowest BCUT2D eigenvalue weighted by molar-refractivity contribution is -0.0644. The van der Waals surface area contributed by atoms with E-state index in [1.807, 2.05) is 0 Å². The number of nitrogens with zero attached hydrogens (tertiary/aromatic N) is 1. The van der Waals surface area contributed by atoms with Gasteiger partial charge in [-0.2, -0.15) is 0 Å². The molecule has 0 aliphatic carbocycles. The van der Waals surface area contributed by atoms with Gasteiger partial charge in [-0.1, -0.05) is 6.92 Å². The molecule has 3 nitrogen and oxygen atoms in total. The first-order chi connectivity index (χ1) is 7.45. The highest BCUT2D eigenvalue weighted by Gasteiger charge is 2.40. The number of nitrogens with two attached hydrogens (primary N) is 1. The quantitative estimate of drug-likeness (QED) is 0.798. The Hall–Kier alpha value is -0.120. The summed E-state index contributed by atoms with van der Waals surface area (Å²) < 4.78 is 5.51. The summed E-state index contributed by atoms with van der Waals surface area (Å²) in [5.74, 6) is 0.839. The van der Waals surface area contributed by atoms with Crippen molar-refractivity contribution in [3.63, 3.8) is 0 Å². The van der Waals surface area contributed by atoms with Crippen molar-refractivity contribution in [3.05, 3.63) is 0 Å². The minimum atomic E-state index is -0.0334. The second kappa shape index (κ2) is 5.48. The molecule has 3 heteroatoms. The van der Waals surface area contributed by atoms with Gasteiger partial charge in [-0.3, -0.25) is 4.90 Å². The SMILES string of the molecule is COC(C)C(C)(CN)N1CCC(C)CC1C. The standard InChI is InChI=1S/C13H28N2O/c1-10-6-7-15(11(2)8-10)13(4,9-14)12(3)16-5/h10-12H,6-9,14H2,1-5H3. The van der Waals surface area contributed by atoms with E-state index >= 15 is 0 Å². The predicted molar refractivity (Wildman–Crippen MR) is 68.5 cm³/mol. The van der Waals surface area contributed by atoms with Gasteiger partial charge in [-0.25, -0.2) is 0 Å². The van der Waals surface area contributed by atoms with Crippen LogP contribution in [-0.2, 0) is 4.74 Å². The van der Waals surface area contributed by atoms with Gasteiger partial charge in [0.2, 0.25) is 0 Å². The molecule has 0 amide bonds. The Kier molecular flexibility index (Phi) is 4.77. The first-order valence-corrected chi connectivity index (χ1v) is 6.45. The largest absolute Gasteiger partial charge is 0.380 e. The molecule has 4 unspecified atom stereocenters. The molecule has 1 aliphatic heterocycles. The number of methoxy groups -OCH3 is 1. The molecule has 0 aromatic rings. The Morgan fingerprint density at radius 2 is 2.12 bits per heavy atom. The highest BCUT2D eigenvalue weighted by molar-refractivity contribution is 4.97. The topological polar surface area (TPSA) is 38.5 Å². The van der Waals surface area contributed by atoms with E-state index in [2.05, 4.69) is 32.6 Å². The molecule has 1 rings (SSSR count). The molecule has 0 aromatic heterocycles. The van der Waals surface area contributed by atoms with Crippen LogP contribution in [0.15, 0.2) is 0 Å². The maximum atomic E-state index is 5.99. The van der Waals surface area contributed by atoms with Crippen LogP contribution < -0.4 is 5.73 Å². The molecule has 0 spiro atoms. The molecule has 0 radical (unpaired) electrons. The fraction of sp³-hybridized carbons (Fsp3) is 1.00. The first kappa shape index (κ1) is 13.9. The minimum Gasteiger partial charge on any atom is -0.380 e. The third-order valence-electron chi connectivity index (χ3n) is 4.44. The number of rotatable bonds is 4. The van der Waals surface area contributed by atoms with Gasteiger partial charge in [-0.05, 0) is 46.1 Å². The first-order valence-electron chi connectivity index (χ1n) is 6.45. The molecule has 16 heavy (non-hydrogen) atoms. The van der Waals surface area contributed by atoms with Gasteiger partial charge in [0.25, 0.3) is 0 Å². The van der Waals surface area contributed by atoms with Crippen molar-refractivity contribution in [2.24, 2.45) is 11.7 Å². The molecular formula is C13H28N2O. The second-order valence-electron chi connectivity index (χ2n) is 5.61. The van der Waals surface area contributed by atoms with Crippen molar-refractivity contribution >= 4 is 0 Å². The Labute approximate surface area is 100 Å². The second-order valence-corrected chi connectivity index (χ2v) is 5.61. The maximum Gasteiger partial charge on any atom is 0.0736 e. The van der Waals surface area contributed by atoms with E-state index in [9.17, 15) is 0 Å². The predicted octanol–water partition coefficient (Wildman–Crippen LogP) is 1.86. The van der Waals surface area contributed by atoms with Crippen LogP contribution in [0.5, 0.6) is 0 Å². The van der Waals surface area contributed by atoms with Gasteiger partial charge < -0.3 is 10.5 Å². The molecule has 1 aliphatic rings. The number of ether oxygens (including phenoxy) is 1. The van der Waals surface area contributed by atoms with Crippen LogP contribution in [0, 0.1) is 5.92 Å². The van der Waals surface area contributed by atoms with Gasteiger partial charge >= 0.3 is 0 Å². The van der Waals surface area contributed by atoms with Gasteiger partial charge in [0.15, 0.2) is 0 Å². The number of piperidine rings is 1. The van der Waals surface area contributed by atoms with Crippen LogP contribution >= 0.6 is 0 Å². The van der Waals surface area contributed by atoms with Crippen molar-refractivity contribution in [2.45, 2.75) is 58.2 Å². The van der Waals surface area contributed by atoms with Gasteiger partial charge in [0, 0.05) is 19.7 Å². The zero-order valence-electron chi connectivity index (χ0n) is 11.5. The lowest BCUT2D eigenvalue weighted by atomic mass is 9.85.